The predicted octanol–water partition coefficient (Wildman–Crippen LogP) is 19.7. The molecule has 11 aromatic rings. The summed E-state index contributed by atoms with van der Waals surface area (Å²) in [5.74, 6) is 0.870. The van der Waals surface area contributed by atoms with Crippen LogP contribution in [0.4, 0.5) is 0 Å². The van der Waals surface area contributed by atoms with Crippen LogP contribution in [0.5, 0.6) is 5.75 Å². The molecule has 0 unspecified atom stereocenters. The van der Waals surface area contributed by atoms with Crippen LogP contribution in [0, 0.1) is 6.07 Å². The number of para-hydroxylation sites is 1. The summed E-state index contributed by atoms with van der Waals surface area (Å²) in [7, 11) is 0. The van der Waals surface area contributed by atoms with Crippen molar-refractivity contribution in [3.8, 4) is 78.7 Å². The standard InChI is InChI=1S/C73H73N4O2.Pt/c1-69(2,3)49-29-30-61(55(41-49)45-25-20-17-21-26-45)77-62-28-22-27-53(64(62)76-68(77)58-42-52(72(10,11)12)43-59(65(58)78)73(13,14)15)47-37-56-54-32-34-75-63(48-35-50(70(4,5)6)40-51(36-48)71(7,8)9)67(54)79-66(56)57(38-47)60-39-46(31-33-74-60)44-23-18-16-19-24-44;/h16-37,39-43,78H,1-15H3;/q-1;. The molecule has 408 valence electrons. The Balaban J connectivity index is 0.00000720. The number of imidazole rings is 1. The second-order valence-electron chi connectivity index (χ2n) is 26.7. The van der Waals surface area contributed by atoms with Gasteiger partial charge in [0, 0.05) is 61.2 Å². The van der Waals surface area contributed by atoms with E-state index in [1.54, 1.807) is 0 Å². The van der Waals surface area contributed by atoms with Gasteiger partial charge in [0.15, 0.2) is 0 Å². The molecule has 0 fully saturated rings. The topological polar surface area (TPSA) is 77.0 Å². The van der Waals surface area contributed by atoms with Gasteiger partial charge in [0.1, 0.15) is 22.9 Å². The minimum Gasteiger partial charge on any atom is -0.507 e. The predicted molar refractivity (Wildman–Crippen MR) is 331 cm³/mol. The number of aromatic hydroxyl groups is 1. The molecule has 7 heteroatoms. The van der Waals surface area contributed by atoms with Crippen LogP contribution >= 0.6 is 0 Å². The van der Waals surface area contributed by atoms with E-state index in [4.69, 9.17) is 19.4 Å². The summed E-state index contributed by atoms with van der Waals surface area (Å²) in [5.41, 5.74) is 18.7. The van der Waals surface area contributed by atoms with E-state index in [1.165, 1.54) is 16.7 Å². The first-order valence-corrected chi connectivity index (χ1v) is 27.8. The average Bonchev–Trinajstić information content (AvgIpc) is 4.16. The Kier molecular flexibility index (Phi) is 14.2. The van der Waals surface area contributed by atoms with E-state index in [9.17, 15) is 5.11 Å². The van der Waals surface area contributed by atoms with Gasteiger partial charge in [-0.25, -0.2) is 4.98 Å². The molecule has 0 amide bonds. The Hall–Kier alpha value is -7.40. The molecule has 1 N–H and O–H groups in total. The second-order valence-corrected chi connectivity index (χ2v) is 26.7. The smallest absolute Gasteiger partial charge is 0.149 e. The van der Waals surface area contributed by atoms with E-state index in [0.29, 0.717) is 22.6 Å². The van der Waals surface area contributed by atoms with Crippen LogP contribution in [0.3, 0.4) is 0 Å². The molecule has 0 saturated carbocycles. The summed E-state index contributed by atoms with van der Waals surface area (Å²) in [6, 6.07) is 57.9. The summed E-state index contributed by atoms with van der Waals surface area (Å²) < 4.78 is 9.51. The minimum absolute atomic E-state index is 0. The normalized spacial score (nSPS) is 12.6. The summed E-state index contributed by atoms with van der Waals surface area (Å²) >= 11 is 0. The van der Waals surface area contributed by atoms with Crippen molar-refractivity contribution in [2.24, 2.45) is 0 Å². The Labute approximate surface area is 487 Å². The van der Waals surface area contributed by atoms with E-state index in [0.717, 1.165) is 94.5 Å². The minimum atomic E-state index is -0.370. The van der Waals surface area contributed by atoms with Crippen LogP contribution < -0.4 is 0 Å². The number of aromatic nitrogens is 4. The SMILES string of the molecule is CC(C)(C)c1cc(-c2nccc3c2oc2c(-c4cc(-c5ccccc5)ccn4)[c-]c(-c4cccc5c4nc(-c4cc(C(C)(C)C)cc(C(C)(C)C)c4O)n5-c4ccc(C(C)(C)C)cc4-c4ccccc4)cc23)cc(C(C)(C)C)c1.[Pt]. The number of hydrogen-bond donors (Lipinski definition) is 1. The van der Waals surface area contributed by atoms with E-state index < -0.39 is 0 Å². The molecule has 0 bridgehead atoms. The number of nitrogens with zero attached hydrogens (tertiary/aromatic N) is 4. The molecular formula is C73H73N4O2Pt-. The number of phenolic OH excluding ortho intramolecular Hbond substituents is 1. The summed E-state index contributed by atoms with van der Waals surface area (Å²) in [6.07, 6.45) is 3.78. The van der Waals surface area contributed by atoms with Gasteiger partial charge in [-0.2, -0.15) is 0 Å². The molecule has 0 saturated heterocycles. The van der Waals surface area contributed by atoms with Crippen molar-refractivity contribution < 1.29 is 30.6 Å². The van der Waals surface area contributed by atoms with Crippen LogP contribution in [-0.4, -0.2) is 24.6 Å². The summed E-state index contributed by atoms with van der Waals surface area (Å²) in [6.45, 7) is 33.5. The molecule has 7 aromatic carbocycles. The van der Waals surface area contributed by atoms with Crippen LogP contribution in [0.25, 0.3) is 106 Å². The molecule has 80 heavy (non-hydrogen) atoms. The largest absolute Gasteiger partial charge is 0.507 e. The van der Waals surface area contributed by atoms with Crippen molar-refractivity contribution in [3.05, 3.63) is 198 Å². The maximum Gasteiger partial charge on any atom is 0.149 e. The molecule has 0 aliphatic carbocycles. The third kappa shape index (κ3) is 10.4. The molecule has 4 aromatic heterocycles. The quantitative estimate of drug-likeness (QED) is 0.161. The molecule has 11 rings (SSSR count). The van der Waals surface area contributed by atoms with Gasteiger partial charge >= 0.3 is 0 Å². The van der Waals surface area contributed by atoms with E-state index in [1.807, 2.05) is 18.5 Å². The third-order valence-corrected chi connectivity index (χ3v) is 15.7. The maximum atomic E-state index is 12.8. The number of pyridine rings is 2. The van der Waals surface area contributed by atoms with Gasteiger partial charge in [-0.1, -0.05) is 212 Å². The Morgan fingerprint density at radius 1 is 0.463 bits per heavy atom. The zero-order valence-electron chi connectivity index (χ0n) is 49.0. The van der Waals surface area contributed by atoms with E-state index >= 15 is 0 Å². The number of phenols is 1. The Morgan fingerprint density at radius 2 is 1.06 bits per heavy atom. The number of benzene rings is 7. The molecule has 0 aliphatic rings. The van der Waals surface area contributed by atoms with Crippen molar-refractivity contribution in [3.63, 3.8) is 0 Å². The van der Waals surface area contributed by atoms with Crippen molar-refractivity contribution in [1.82, 2.24) is 19.5 Å². The molecule has 0 radical (unpaired) electrons. The first-order valence-electron chi connectivity index (χ1n) is 27.8. The number of fused-ring (bicyclic) bond motifs is 4. The van der Waals surface area contributed by atoms with Gasteiger partial charge in [0.05, 0.1) is 27.9 Å². The van der Waals surface area contributed by atoms with E-state index in [2.05, 4.69) is 260 Å². The summed E-state index contributed by atoms with van der Waals surface area (Å²) in [4.78, 5) is 16.0. The van der Waals surface area contributed by atoms with Crippen molar-refractivity contribution in [2.75, 3.05) is 0 Å². The zero-order valence-corrected chi connectivity index (χ0v) is 51.3. The van der Waals surface area contributed by atoms with Crippen LogP contribution in [0.15, 0.2) is 168 Å². The number of hydrogen-bond acceptors (Lipinski definition) is 5. The zero-order chi connectivity index (χ0) is 56.1. The van der Waals surface area contributed by atoms with Gasteiger partial charge < -0.3 is 9.52 Å². The Morgan fingerprint density at radius 3 is 1.69 bits per heavy atom. The molecular weight excluding hydrogens is 1160 g/mol. The van der Waals surface area contributed by atoms with Gasteiger partial charge in [0.25, 0.3) is 0 Å². The van der Waals surface area contributed by atoms with Crippen LogP contribution in [-0.2, 0) is 48.1 Å². The average molecular weight is 1230 g/mol. The fourth-order valence-electron chi connectivity index (χ4n) is 10.9. The second kappa shape index (κ2) is 20.3. The van der Waals surface area contributed by atoms with Crippen molar-refractivity contribution >= 4 is 33.0 Å². The van der Waals surface area contributed by atoms with Crippen LogP contribution in [0.1, 0.15) is 132 Å². The fourth-order valence-corrected chi connectivity index (χ4v) is 10.9. The molecule has 0 aliphatic heterocycles. The van der Waals surface area contributed by atoms with Gasteiger partial charge in [-0.15, -0.1) is 17.7 Å². The number of rotatable bonds is 7. The van der Waals surface area contributed by atoms with Gasteiger partial charge in [-0.3, -0.25) is 14.5 Å². The number of furan rings is 1. The fraction of sp³-hybridized carbons (Fsp3) is 0.274. The van der Waals surface area contributed by atoms with Gasteiger partial charge in [-0.05, 0) is 120 Å². The first kappa shape index (κ1) is 55.9. The first-order chi connectivity index (χ1) is 37.2. The summed E-state index contributed by atoms with van der Waals surface area (Å²) in [5, 5.41) is 14.6. The monoisotopic (exact) mass is 1230 g/mol. The molecule has 0 atom stereocenters. The van der Waals surface area contributed by atoms with Crippen LogP contribution in [0.2, 0.25) is 0 Å². The van der Waals surface area contributed by atoms with E-state index in [-0.39, 0.29) is 53.9 Å². The molecule has 6 nitrogen and oxygen atoms in total. The third-order valence-electron chi connectivity index (χ3n) is 15.7. The van der Waals surface area contributed by atoms with Crippen molar-refractivity contribution in [1.29, 1.82) is 0 Å². The molecule has 0 spiro atoms. The molecule has 4 heterocycles. The van der Waals surface area contributed by atoms with Gasteiger partial charge in [0.2, 0.25) is 0 Å². The Bertz CT molecular complexity index is 4120. The van der Waals surface area contributed by atoms with Crippen molar-refractivity contribution in [2.45, 2.75) is 131 Å². The maximum absolute atomic E-state index is 12.8.